The molecule has 244 valence electrons. The summed E-state index contributed by atoms with van der Waals surface area (Å²) in [6, 6.07) is 21.2. The van der Waals surface area contributed by atoms with Gasteiger partial charge in [-0.1, -0.05) is 31.2 Å². The van der Waals surface area contributed by atoms with Gasteiger partial charge in [0.1, 0.15) is 35.7 Å². The minimum Gasteiger partial charge on any atom is -0.492 e. The van der Waals surface area contributed by atoms with Crippen LogP contribution in [0.25, 0.3) is 0 Å². The van der Waals surface area contributed by atoms with E-state index in [-0.39, 0.29) is 18.4 Å². The molecule has 4 heterocycles. The van der Waals surface area contributed by atoms with Gasteiger partial charge in [-0.15, -0.1) is 0 Å². The molecule has 4 aliphatic heterocycles. The number of nitrogens with zero attached hydrogens (tertiary/aromatic N) is 1. The maximum absolute atomic E-state index is 14.2. The van der Waals surface area contributed by atoms with Gasteiger partial charge in [-0.25, -0.2) is 0 Å². The average Bonchev–Trinajstić information content (AvgIpc) is 3.51. The minimum atomic E-state index is -0.537. The molecule has 3 fully saturated rings. The normalized spacial score (nSPS) is 26.6. The molecule has 0 saturated carbocycles. The molecule has 7 rings (SSSR count). The molecule has 4 aliphatic rings. The molecule has 46 heavy (non-hydrogen) atoms. The third kappa shape index (κ3) is 7.35. The van der Waals surface area contributed by atoms with Crippen molar-refractivity contribution in [3.05, 3.63) is 83.4 Å². The standard InChI is InChI=1S/C38H45NO7/c1-26-18-19-39(25-26)20-23-41-29-12-10-28(11-13-29)38-36(27-8-14-30(15-9-27)44-34-6-2-4-21-42-34)37(40)32-17-16-31(24-33(32)46-38)45-35-7-3-5-22-43-35/h8-17,24,26,34-36,38H,2-7,18-23,25H2,1H3. The van der Waals surface area contributed by atoms with Crippen molar-refractivity contribution < 1.29 is 33.2 Å². The van der Waals surface area contributed by atoms with Crippen LogP contribution in [0.2, 0.25) is 0 Å². The number of carbonyl (C=O) groups excluding carboxylic acids is 1. The number of likely N-dealkylation sites (tertiary alicyclic amines) is 1. The van der Waals surface area contributed by atoms with E-state index < -0.39 is 12.0 Å². The first-order valence-electron chi connectivity index (χ1n) is 17.1. The number of ether oxygens (including phenoxy) is 6. The lowest BCUT2D eigenvalue weighted by atomic mass is 9.81. The summed E-state index contributed by atoms with van der Waals surface area (Å²) >= 11 is 0. The lowest BCUT2D eigenvalue weighted by Crippen LogP contribution is -2.30. The zero-order valence-corrected chi connectivity index (χ0v) is 26.7. The predicted octanol–water partition coefficient (Wildman–Crippen LogP) is 7.32. The molecular weight excluding hydrogens is 582 g/mol. The molecule has 0 N–H and O–H groups in total. The van der Waals surface area contributed by atoms with Gasteiger partial charge in [-0.2, -0.15) is 0 Å². The summed E-state index contributed by atoms with van der Waals surface area (Å²) in [5, 5.41) is 0. The quantitative estimate of drug-likeness (QED) is 0.232. The van der Waals surface area contributed by atoms with E-state index in [4.69, 9.17) is 28.4 Å². The van der Waals surface area contributed by atoms with Crippen LogP contribution in [0.4, 0.5) is 0 Å². The number of benzene rings is 3. The number of ketones is 1. The van der Waals surface area contributed by atoms with Gasteiger partial charge >= 0.3 is 0 Å². The van der Waals surface area contributed by atoms with Crippen molar-refractivity contribution in [2.75, 3.05) is 39.5 Å². The van der Waals surface area contributed by atoms with Crippen molar-refractivity contribution >= 4 is 5.78 Å². The summed E-state index contributed by atoms with van der Waals surface area (Å²) in [7, 11) is 0. The third-order valence-corrected chi connectivity index (χ3v) is 9.50. The van der Waals surface area contributed by atoms with Crippen molar-refractivity contribution in [1.29, 1.82) is 0 Å². The Hall–Kier alpha value is -3.59. The first-order valence-corrected chi connectivity index (χ1v) is 17.1. The highest BCUT2D eigenvalue weighted by Gasteiger charge is 2.40. The molecule has 8 heteroatoms. The van der Waals surface area contributed by atoms with Gasteiger partial charge < -0.3 is 28.4 Å². The van der Waals surface area contributed by atoms with Gasteiger partial charge in [0, 0.05) is 32.0 Å². The molecular formula is C38H45NO7. The van der Waals surface area contributed by atoms with E-state index in [0.717, 1.165) is 93.3 Å². The number of carbonyl (C=O) groups is 1. The number of hydrogen-bond donors (Lipinski definition) is 0. The molecule has 0 bridgehead atoms. The Morgan fingerprint density at radius 2 is 1.41 bits per heavy atom. The van der Waals surface area contributed by atoms with E-state index in [1.54, 1.807) is 0 Å². The first kappa shape index (κ1) is 31.0. The fourth-order valence-corrected chi connectivity index (χ4v) is 6.91. The predicted molar refractivity (Wildman–Crippen MR) is 174 cm³/mol. The highest BCUT2D eigenvalue weighted by molar-refractivity contribution is 6.05. The van der Waals surface area contributed by atoms with E-state index in [2.05, 4.69) is 11.8 Å². The Bertz CT molecular complexity index is 1450. The fourth-order valence-electron chi connectivity index (χ4n) is 6.91. The van der Waals surface area contributed by atoms with Gasteiger partial charge in [0.15, 0.2) is 18.4 Å². The summed E-state index contributed by atoms with van der Waals surface area (Å²) in [6.07, 6.45) is 6.23. The summed E-state index contributed by atoms with van der Waals surface area (Å²) in [6.45, 7) is 7.57. The topological polar surface area (TPSA) is 75.7 Å². The van der Waals surface area contributed by atoms with Crippen LogP contribution in [0.5, 0.6) is 23.0 Å². The van der Waals surface area contributed by atoms with Crippen LogP contribution in [0, 0.1) is 5.92 Å². The highest BCUT2D eigenvalue weighted by Crippen LogP contribution is 2.45. The van der Waals surface area contributed by atoms with Crippen LogP contribution in [-0.2, 0) is 9.47 Å². The van der Waals surface area contributed by atoms with E-state index in [1.807, 2.05) is 66.7 Å². The number of Topliss-reactive ketones (excluding diaryl/α,β-unsaturated/α-hetero) is 1. The average molecular weight is 628 g/mol. The second-order valence-corrected chi connectivity index (χ2v) is 13.0. The van der Waals surface area contributed by atoms with Gasteiger partial charge in [0.05, 0.1) is 24.7 Å². The Kier molecular flexibility index (Phi) is 9.75. The number of hydrogen-bond acceptors (Lipinski definition) is 8. The van der Waals surface area contributed by atoms with Crippen LogP contribution < -0.4 is 18.9 Å². The molecule has 3 aromatic carbocycles. The van der Waals surface area contributed by atoms with Crippen LogP contribution in [0.3, 0.4) is 0 Å². The Morgan fingerprint density at radius 1 is 0.761 bits per heavy atom. The van der Waals surface area contributed by atoms with E-state index >= 15 is 0 Å². The van der Waals surface area contributed by atoms with Crippen LogP contribution in [-0.4, -0.2) is 62.7 Å². The summed E-state index contributed by atoms with van der Waals surface area (Å²) < 4.78 is 36.5. The van der Waals surface area contributed by atoms with Gasteiger partial charge in [-0.3, -0.25) is 9.69 Å². The Morgan fingerprint density at radius 3 is 2.07 bits per heavy atom. The molecule has 8 nitrogen and oxygen atoms in total. The number of fused-ring (bicyclic) bond motifs is 1. The maximum atomic E-state index is 14.2. The Labute approximate surface area is 271 Å². The molecule has 0 radical (unpaired) electrons. The smallest absolute Gasteiger partial charge is 0.199 e. The third-order valence-electron chi connectivity index (χ3n) is 9.50. The summed E-state index contributed by atoms with van der Waals surface area (Å²) in [4.78, 5) is 16.7. The largest absolute Gasteiger partial charge is 0.492 e. The van der Waals surface area contributed by atoms with Gasteiger partial charge in [0.25, 0.3) is 0 Å². The molecule has 5 atom stereocenters. The lowest BCUT2D eigenvalue weighted by Gasteiger charge is -2.34. The van der Waals surface area contributed by atoms with Crippen molar-refractivity contribution in [2.24, 2.45) is 5.92 Å². The molecule has 3 saturated heterocycles. The van der Waals surface area contributed by atoms with Crippen LogP contribution >= 0.6 is 0 Å². The summed E-state index contributed by atoms with van der Waals surface area (Å²) in [5.41, 5.74) is 2.32. The zero-order chi connectivity index (χ0) is 31.3. The molecule has 5 unspecified atom stereocenters. The van der Waals surface area contributed by atoms with E-state index in [0.29, 0.717) is 30.3 Å². The second kappa shape index (κ2) is 14.4. The second-order valence-electron chi connectivity index (χ2n) is 13.0. The molecule has 0 amide bonds. The monoisotopic (exact) mass is 627 g/mol. The molecule has 0 aromatic heterocycles. The maximum Gasteiger partial charge on any atom is 0.199 e. The summed E-state index contributed by atoms with van der Waals surface area (Å²) in [5.74, 6) is 2.93. The van der Waals surface area contributed by atoms with Gasteiger partial charge in [-0.05, 0) is 92.1 Å². The lowest BCUT2D eigenvalue weighted by molar-refractivity contribution is -0.106. The minimum absolute atomic E-state index is 0.0103. The van der Waals surface area contributed by atoms with Gasteiger partial charge in [0.2, 0.25) is 0 Å². The van der Waals surface area contributed by atoms with Crippen molar-refractivity contribution in [2.45, 2.75) is 76.5 Å². The van der Waals surface area contributed by atoms with Crippen LogP contribution in [0.15, 0.2) is 66.7 Å². The fraction of sp³-hybridized carbons (Fsp3) is 0.500. The van der Waals surface area contributed by atoms with Crippen molar-refractivity contribution in [3.8, 4) is 23.0 Å². The zero-order valence-electron chi connectivity index (χ0n) is 26.7. The molecule has 3 aromatic rings. The van der Waals surface area contributed by atoms with Crippen molar-refractivity contribution in [1.82, 2.24) is 4.90 Å². The Balaban J connectivity index is 1.11. The van der Waals surface area contributed by atoms with Crippen LogP contribution in [0.1, 0.15) is 85.4 Å². The first-order chi connectivity index (χ1) is 22.6. The molecule has 0 spiro atoms. The SMILES string of the molecule is CC1CCN(CCOc2ccc(C3Oc4cc(OC5CCCCO5)ccc4C(=O)C3c3ccc(OC4CCCCO4)cc3)cc2)C1. The number of rotatable bonds is 10. The van der Waals surface area contributed by atoms with E-state index in [9.17, 15) is 4.79 Å². The highest BCUT2D eigenvalue weighted by atomic mass is 16.7. The molecule has 0 aliphatic carbocycles. The van der Waals surface area contributed by atoms with E-state index in [1.165, 1.54) is 6.42 Å². The van der Waals surface area contributed by atoms with Crippen molar-refractivity contribution in [3.63, 3.8) is 0 Å².